The normalized spacial score (nSPS) is 13.1. The highest BCUT2D eigenvalue weighted by atomic mass is 16.1. The second-order valence-electron chi connectivity index (χ2n) is 7.42. The molecule has 3 heteroatoms. The summed E-state index contributed by atoms with van der Waals surface area (Å²) in [4.78, 5) is 25.7. The van der Waals surface area contributed by atoms with Gasteiger partial charge in [0.25, 0.3) is 5.56 Å². The average molecular weight is 365 g/mol. The van der Waals surface area contributed by atoms with Gasteiger partial charge in [0.15, 0.2) is 5.78 Å². The van der Waals surface area contributed by atoms with Crippen LogP contribution < -0.4 is 5.56 Å². The fraction of sp³-hybridized carbons (Fsp3) is 0.120. The maximum Gasteiger partial charge on any atom is 0.251 e. The second-order valence-corrected chi connectivity index (χ2v) is 7.42. The van der Waals surface area contributed by atoms with E-state index < -0.39 is 0 Å². The number of pyridine rings is 1. The van der Waals surface area contributed by atoms with Crippen LogP contribution in [0.4, 0.5) is 0 Å². The van der Waals surface area contributed by atoms with Crippen LogP contribution in [-0.2, 0) is 19.9 Å². The molecule has 0 spiro atoms. The van der Waals surface area contributed by atoms with E-state index in [1.54, 1.807) is 17.7 Å². The van der Waals surface area contributed by atoms with E-state index in [1.165, 1.54) is 5.56 Å². The zero-order valence-corrected chi connectivity index (χ0v) is 15.6. The summed E-state index contributed by atoms with van der Waals surface area (Å²) in [5.41, 5.74) is 6.38. The number of hydrogen-bond acceptors (Lipinski definition) is 2. The Morgan fingerprint density at radius 1 is 0.714 bits per heavy atom. The first kappa shape index (κ1) is 16.7. The summed E-state index contributed by atoms with van der Waals surface area (Å²) in [7, 11) is 1.77. The number of carbonyl (C=O) groups is 1. The van der Waals surface area contributed by atoms with Crippen LogP contribution in [0.1, 0.15) is 27.0 Å². The van der Waals surface area contributed by atoms with Gasteiger partial charge < -0.3 is 4.57 Å². The molecule has 5 rings (SSSR count). The fourth-order valence-corrected chi connectivity index (χ4v) is 4.06. The topological polar surface area (TPSA) is 39.1 Å². The van der Waals surface area contributed by atoms with E-state index in [9.17, 15) is 9.59 Å². The summed E-state index contributed by atoms with van der Waals surface area (Å²) >= 11 is 0. The molecular formula is C25H19NO2. The van der Waals surface area contributed by atoms with E-state index in [0.717, 1.165) is 40.4 Å². The molecule has 3 nitrogen and oxygen atoms in total. The molecule has 1 heterocycles. The first-order valence-electron chi connectivity index (χ1n) is 9.47. The third-order valence-electron chi connectivity index (χ3n) is 5.64. The van der Waals surface area contributed by atoms with Crippen LogP contribution in [0.5, 0.6) is 0 Å². The minimum atomic E-state index is -0.0528. The molecule has 0 amide bonds. The van der Waals surface area contributed by atoms with Crippen molar-refractivity contribution in [2.24, 2.45) is 7.05 Å². The van der Waals surface area contributed by atoms with Gasteiger partial charge in [-0.05, 0) is 59.4 Å². The highest BCUT2D eigenvalue weighted by Gasteiger charge is 2.15. The van der Waals surface area contributed by atoms with Crippen LogP contribution in [-0.4, -0.2) is 10.4 Å². The molecule has 136 valence electrons. The van der Waals surface area contributed by atoms with Crippen molar-refractivity contribution in [1.82, 2.24) is 4.57 Å². The van der Waals surface area contributed by atoms with E-state index in [2.05, 4.69) is 18.2 Å². The molecule has 0 saturated heterocycles. The molecule has 28 heavy (non-hydrogen) atoms. The van der Waals surface area contributed by atoms with Gasteiger partial charge in [-0.2, -0.15) is 0 Å². The van der Waals surface area contributed by atoms with Crippen LogP contribution in [0, 0.1) is 0 Å². The lowest BCUT2D eigenvalue weighted by molar-refractivity contribution is 0.103. The van der Waals surface area contributed by atoms with Crippen molar-refractivity contribution in [2.75, 3.05) is 0 Å². The Bertz CT molecular complexity index is 1310. The molecule has 3 aromatic carbocycles. The lowest BCUT2D eigenvalue weighted by Crippen LogP contribution is -2.16. The molecule has 1 aromatic heterocycles. The van der Waals surface area contributed by atoms with E-state index in [1.807, 2.05) is 48.5 Å². The number of aromatic nitrogens is 1. The predicted octanol–water partition coefficient (Wildman–Crippen LogP) is 4.54. The molecule has 6 bridgehead atoms. The fourth-order valence-electron chi connectivity index (χ4n) is 4.06. The summed E-state index contributed by atoms with van der Waals surface area (Å²) in [6.45, 7) is 0. The van der Waals surface area contributed by atoms with Crippen molar-refractivity contribution in [1.29, 1.82) is 0 Å². The van der Waals surface area contributed by atoms with Crippen molar-refractivity contribution in [3.05, 3.63) is 105 Å². The summed E-state index contributed by atoms with van der Waals surface area (Å²) in [5, 5.41) is 0.917. The Kier molecular flexibility index (Phi) is 3.76. The minimum absolute atomic E-state index is 0.00880. The van der Waals surface area contributed by atoms with Crippen LogP contribution in [0.3, 0.4) is 0 Å². The van der Waals surface area contributed by atoms with E-state index >= 15 is 0 Å². The van der Waals surface area contributed by atoms with Crippen molar-refractivity contribution >= 4 is 16.7 Å². The maximum atomic E-state index is 13.1. The number of benzene rings is 3. The molecule has 0 aliphatic heterocycles. The van der Waals surface area contributed by atoms with Crippen molar-refractivity contribution in [3.8, 4) is 11.1 Å². The van der Waals surface area contributed by atoms with Gasteiger partial charge in [0.1, 0.15) is 0 Å². The minimum Gasteiger partial charge on any atom is -0.311 e. The highest BCUT2D eigenvalue weighted by molar-refractivity contribution is 6.11. The predicted molar refractivity (Wildman–Crippen MR) is 112 cm³/mol. The molecule has 4 aromatic rings. The molecule has 0 unspecified atom stereocenters. The smallest absolute Gasteiger partial charge is 0.251 e. The van der Waals surface area contributed by atoms with Crippen molar-refractivity contribution < 1.29 is 4.79 Å². The lowest BCUT2D eigenvalue weighted by Gasteiger charge is -2.12. The first-order chi connectivity index (χ1) is 13.6. The Morgan fingerprint density at radius 2 is 1.36 bits per heavy atom. The zero-order chi connectivity index (χ0) is 19.3. The van der Waals surface area contributed by atoms with Gasteiger partial charge in [0, 0.05) is 29.6 Å². The summed E-state index contributed by atoms with van der Waals surface area (Å²) < 4.78 is 1.63. The highest BCUT2D eigenvalue weighted by Crippen LogP contribution is 2.30. The quantitative estimate of drug-likeness (QED) is 0.459. The van der Waals surface area contributed by atoms with Crippen LogP contribution in [0.25, 0.3) is 22.0 Å². The van der Waals surface area contributed by atoms with Gasteiger partial charge in [-0.25, -0.2) is 0 Å². The van der Waals surface area contributed by atoms with E-state index in [4.69, 9.17) is 0 Å². The third-order valence-corrected chi connectivity index (χ3v) is 5.64. The van der Waals surface area contributed by atoms with Gasteiger partial charge >= 0.3 is 0 Å². The Balaban J connectivity index is 1.88. The van der Waals surface area contributed by atoms with Crippen molar-refractivity contribution in [2.45, 2.75) is 12.8 Å². The molecule has 0 N–H and O–H groups in total. The van der Waals surface area contributed by atoms with E-state index in [0.29, 0.717) is 11.1 Å². The first-order valence-corrected chi connectivity index (χ1v) is 9.47. The second kappa shape index (κ2) is 6.31. The SMILES string of the molecule is Cn1c(=O)cc2c3cc(ccc31)C(=O)c1cccc(c1)CCc1cccc-2c1. The molecule has 0 fully saturated rings. The number of nitrogens with zero attached hydrogens (tertiary/aromatic N) is 1. The standard InChI is InChI=1S/C25H19NO2/c1-26-23-11-10-20-14-22(23)21(15-24(26)27)18-6-2-4-16(12-18)8-9-17-5-3-7-19(13-17)25(20)28/h2-7,10-15H,8-9H2,1H3. The number of ketones is 1. The molecular weight excluding hydrogens is 346 g/mol. The van der Waals surface area contributed by atoms with Crippen LogP contribution >= 0.6 is 0 Å². The molecule has 0 radical (unpaired) electrons. The average Bonchev–Trinajstić information content (AvgIpc) is 2.74. The van der Waals surface area contributed by atoms with Gasteiger partial charge in [0.05, 0.1) is 5.52 Å². The number of fused-ring (bicyclic) bond motifs is 6. The molecule has 0 atom stereocenters. The maximum absolute atomic E-state index is 13.1. The summed E-state index contributed by atoms with van der Waals surface area (Å²) in [6.07, 6.45) is 1.76. The van der Waals surface area contributed by atoms with Gasteiger partial charge in [-0.3, -0.25) is 9.59 Å². The number of hydrogen-bond donors (Lipinski definition) is 0. The number of rotatable bonds is 0. The number of aryl methyl sites for hydroxylation is 3. The Hall–Kier alpha value is -3.46. The number of carbonyl (C=O) groups excluding carboxylic acids is 1. The van der Waals surface area contributed by atoms with Crippen molar-refractivity contribution in [3.63, 3.8) is 0 Å². The third kappa shape index (κ3) is 2.67. The van der Waals surface area contributed by atoms with Crippen LogP contribution in [0.2, 0.25) is 0 Å². The summed E-state index contributed by atoms with van der Waals surface area (Å²) in [6, 6.07) is 23.5. The molecule has 1 aliphatic carbocycles. The molecule has 1 aliphatic rings. The monoisotopic (exact) mass is 365 g/mol. The van der Waals surface area contributed by atoms with E-state index in [-0.39, 0.29) is 11.3 Å². The largest absolute Gasteiger partial charge is 0.311 e. The van der Waals surface area contributed by atoms with Gasteiger partial charge in [-0.1, -0.05) is 42.5 Å². The zero-order valence-electron chi connectivity index (χ0n) is 15.6. The van der Waals surface area contributed by atoms with Crippen LogP contribution in [0.15, 0.2) is 77.6 Å². The Morgan fingerprint density at radius 3 is 2.11 bits per heavy atom. The van der Waals surface area contributed by atoms with Gasteiger partial charge in [-0.15, -0.1) is 0 Å². The van der Waals surface area contributed by atoms with Gasteiger partial charge in [0.2, 0.25) is 0 Å². The molecule has 0 saturated carbocycles. The lowest BCUT2D eigenvalue weighted by atomic mass is 9.96. The Labute approximate surface area is 162 Å². The summed E-state index contributed by atoms with van der Waals surface area (Å²) in [5.74, 6) is 0.00880.